The van der Waals surface area contributed by atoms with Crippen LogP contribution in [0.15, 0.2) is 0 Å². The highest BCUT2D eigenvalue weighted by molar-refractivity contribution is 7.99. The highest BCUT2D eigenvalue weighted by Crippen LogP contribution is 2.20. The Kier molecular flexibility index (Phi) is 5.74. The van der Waals surface area contributed by atoms with Crippen LogP contribution in [0.3, 0.4) is 0 Å². The van der Waals surface area contributed by atoms with Crippen molar-refractivity contribution in [1.82, 2.24) is 10.2 Å². The molecule has 0 saturated carbocycles. The van der Waals surface area contributed by atoms with Crippen molar-refractivity contribution in [2.24, 2.45) is 0 Å². The Bertz CT molecular complexity index is 433. The Morgan fingerprint density at radius 1 is 1.45 bits per heavy atom. The van der Waals surface area contributed by atoms with Gasteiger partial charge in [-0.2, -0.15) is 11.8 Å². The standard InChI is InChI=1S/C13H24N2O3S2/c1-2-3-6-15(11-4-8-20(17,18)10-11)13(16)12-9-19-7-5-14-12/h11-12,14H,2-10H2,1H3. The number of rotatable bonds is 5. The number of thioether (sulfide) groups is 1. The number of amides is 1. The Labute approximate surface area is 125 Å². The van der Waals surface area contributed by atoms with Crippen LogP contribution >= 0.6 is 11.8 Å². The zero-order chi connectivity index (χ0) is 14.6. The number of nitrogens with zero attached hydrogens (tertiary/aromatic N) is 1. The van der Waals surface area contributed by atoms with E-state index < -0.39 is 9.84 Å². The van der Waals surface area contributed by atoms with Crippen LogP contribution in [0.25, 0.3) is 0 Å². The number of unbranched alkanes of at least 4 members (excludes halogenated alkanes) is 1. The zero-order valence-corrected chi connectivity index (χ0v) is 13.6. The van der Waals surface area contributed by atoms with E-state index in [4.69, 9.17) is 0 Å². The molecule has 0 bridgehead atoms. The molecule has 2 fully saturated rings. The first kappa shape index (κ1) is 16.1. The van der Waals surface area contributed by atoms with Crippen LogP contribution in [0.2, 0.25) is 0 Å². The Morgan fingerprint density at radius 2 is 2.25 bits per heavy atom. The molecule has 116 valence electrons. The molecule has 0 aromatic rings. The summed E-state index contributed by atoms with van der Waals surface area (Å²) >= 11 is 1.79. The second kappa shape index (κ2) is 7.13. The molecule has 0 aliphatic carbocycles. The zero-order valence-electron chi connectivity index (χ0n) is 12.0. The lowest BCUT2D eigenvalue weighted by Crippen LogP contribution is -2.54. The molecule has 5 nitrogen and oxygen atoms in total. The van der Waals surface area contributed by atoms with E-state index in [1.165, 1.54) is 0 Å². The lowest BCUT2D eigenvalue weighted by Gasteiger charge is -2.33. The quantitative estimate of drug-likeness (QED) is 0.799. The van der Waals surface area contributed by atoms with Crippen molar-refractivity contribution in [3.05, 3.63) is 0 Å². The van der Waals surface area contributed by atoms with Crippen LogP contribution in [-0.2, 0) is 14.6 Å². The van der Waals surface area contributed by atoms with Crippen molar-refractivity contribution < 1.29 is 13.2 Å². The number of carbonyl (C=O) groups excluding carboxylic acids is 1. The van der Waals surface area contributed by atoms with Gasteiger partial charge in [0.15, 0.2) is 9.84 Å². The van der Waals surface area contributed by atoms with Gasteiger partial charge >= 0.3 is 0 Å². The van der Waals surface area contributed by atoms with Crippen molar-refractivity contribution in [3.63, 3.8) is 0 Å². The van der Waals surface area contributed by atoms with E-state index in [9.17, 15) is 13.2 Å². The van der Waals surface area contributed by atoms with Crippen LogP contribution < -0.4 is 5.32 Å². The monoisotopic (exact) mass is 320 g/mol. The number of sulfone groups is 1. The summed E-state index contributed by atoms with van der Waals surface area (Å²) in [6.45, 7) is 3.62. The average molecular weight is 320 g/mol. The van der Waals surface area contributed by atoms with Crippen LogP contribution in [0, 0.1) is 0 Å². The summed E-state index contributed by atoms with van der Waals surface area (Å²) in [7, 11) is -2.95. The predicted octanol–water partition coefficient (Wildman–Crippen LogP) is 0.507. The molecule has 20 heavy (non-hydrogen) atoms. The molecule has 7 heteroatoms. The van der Waals surface area contributed by atoms with E-state index in [-0.39, 0.29) is 29.5 Å². The second-order valence-electron chi connectivity index (χ2n) is 5.52. The molecular weight excluding hydrogens is 296 g/mol. The van der Waals surface area contributed by atoms with Crippen molar-refractivity contribution in [3.8, 4) is 0 Å². The van der Waals surface area contributed by atoms with E-state index in [1.54, 1.807) is 11.8 Å². The summed E-state index contributed by atoms with van der Waals surface area (Å²) in [5.74, 6) is 2.29. The minimum absolute atomic E-state index is 0.0905. The third-order valence-electron chi connectivity index (χ3n) is 3.90. The third-order valence-corrected chi connectivity index (χ3v) is 6.72. The normalized spacial score (nSPS) is 29.2. The van der Waals surface area contributed by atoms with Gasteiger partial charge in [0.25, 0.3) is 0 Å². The largest absolute Gasteiger partial charge is 0.337 e. The van der Waals surface area contributed by atoms with Crippen molar-refractivity contribution in [1.29, 1.82) is 0 Å². The molecule has 0 aromatic heterocycles. The summed E-state index contributed by atoms with van der Waals surface area (Å²) in [5, 5.41) is 3.26. The number of nitrogens with one attached hydrogen (secondary N) is 1. The summed E-state index contributed by atoms with van der Waals surface area (Å²) in [5.41, 5.74) is 0. The van der Waals surface area contributed by atoms with Gasteiger partial charge in [-0.15, -0.1) is 0 Å². The van der Waals surface area contributed by atoms with E-state index in [2.05, 4.69) is 12.2 Å². The lowest BCUT2D eigenvalue weighted by molar-refractivity contribution is -0.134. The fourth-order valence-electron chi connectivity index (χ4n) is 2.75. The number of hydrogen-bond donors (Lipinski definition) is 1. The Balaban J connectivity index is 2.04. The molecule has 1 amide bonds. The molecule has 0 aromatic carbocycles. The number of hydrogen-bond acceptors (Lipinski definition) is 5. The molecular formula is C13H24N2O3S2. The molecule has 2 aliphatic heterocycles. The van der Waals surface area contributed by atoms with Gasteiger partial charge in [-0.25, -0.2) is 8.42 Å². The molecule has 2 rings (SSSR count). The maximum Gasteiger partial charge on any atom is 0.240 e. The van der Waals surface area contributed by atoms with Crippen molar-refractivity contribution in [2.45, 2.75) is 38.3 Å². The first-order valence-corrected chi connectivity index (χ1v) is 10.3. The number of carbonyl (C=O) groups is 1. The first-order chi connectivity index (χ1) is 9.53. The molecule has 2 aliphatic rings. The summed E-state index contributed by atoms with van der Waals surface area (Å²) in [4.78, 5) is 14.5. The fourth-order valence-corrected chi connectivity index (χ4v) is 5.40. The lowest BCUT2D eigenvalue weighted by atomic mass is 10.1. The van der Waals surface area contributed by atoms with Crippen LogP contribution in [0.5, 0.6) is 0 Å². The van der Waals surface area contributed by atoms with Gasteiger partial charge in [0.1, 0.15) is 0 Å². The van der Waals surface area contributed by atoms with Crippen molar-refractivity contribution in [2.75, 3.05) is 36.1 Å². The van der Waals surface area contributed by atoms with Gasteiger partial charge in [-0.3, -0.25) is 4.79 Å². The summed E-state index contributed by atoms with van der Waals surface area (Å²) in [6.07, 6.45) is 2.54. The van der Waals surface area contributed by atoms with E-state index in [1.807, 2.05) is 4.90 Å². The van der Waals surface area contributed by atoms with Gasteiger partial charge in [0.2, 0.25) is 5.91 Å². The maximum absolute atomic E-state index is 12.7. The molecule has 2 heterocycles. The fraction of sp³-hybridized carbons (Fsp3) is 0.923. The highest BCUT2D eigenvalue weighted by atomic mass is 32.2. The van der Waals surface area contributed by atoms with Gasteiger partial charge in [-0.1, -0.05) is 13.3 Å². The van der Waals surface area contributed by atoms with Gasteiger partial charge in [0.05, 0.1) is 17.5 Å². The third kappa shape index (κ3) is 4.11. The molecule has 0 spiro atoms. The van der Waals surface area contributed by atoms with Crippen molar-refractivity contribution >= 4 is 27.5 Å². The summed E-state index contributed by atoms with van der Waals surface area (Å²) in [6, 6.07) is -0.262. The molecule has 2 atom stereocenters. The van der Waals surface area contributed by atoms with Gasteiger partial charge < -0.3 is 10.2 Å². The minimum Gasteiger partial charge on any atom is -0.337 e. The SMILES string of the molecule is CCCCN(C(=O)C1CSCCN1)C1CCS(=O)(=O)C1. The van der Waals surface area contributed by atoms with E-state index in [0.29, 0.717) is 13.0 Å². The molecule has 2 unspecified atom stereocenters. The molecule has 1 N–H and O–H groups in total. The summed E-state index contributed by atoms with van der Waals surface area (Å²) < 4.78 is 23.3. The predicted molar refractivity (Wildman–Crippen MR) is 82.8 cm³/mol. The van der Waals surface area contributed by atoms with Crippen LogP contribution in [0.4, 0.5) is 0 Å². The first-order valence-electron chi connectivity index (χ1n) is 7.35. The minimum atomic E-state index is -2.95. The Hall–Kier alpha value is -0.270. The van der Waals surface area contributed by atoms with Crippen LogP contribution in [-0.4, -0.2) is 67.4 Å². The van der Waals surface area contributed by atoms with Gasteiger partial charge in [-0.05, 0) is 12.8 Å². The van der Waals surface area contributed by atoms with Gasteiger partial charge in [0, 0.05) is 30.6 Å². The maximum atomic E-state index is 12.7. The Morgan fingerprint density at radius 3 is 2.80 bits per heavy atom. The smallest absolute Gasteiger partial charge is 0.240 e. The van der Waals surface area contributed by atoms with E-state index >= 15 is 0 Å². The second-order valence-corrected chi connectivity index (χ2v) is 8.90. The van der Waals surface area contributed by atoms with E-state index in [0.717, 1.165) is 30.9 Å². The highest BCUT2D eigenvalue weighted by Gasteiger charge is 2.36. The topological polar surface area (TPSA) is 66.5 Å². The average Bonchev–Trinajstić information content (AvgIpc) is 2.80. The molecule has 0 radical (unpaired) electrons. The molecule has 2 saturated heterocycles. The van der Waals surface area contributed by atoms with Crippen LogP contribution in [0.1, 0.15) is 26.2 Å².